The molecule has 0 aliphatic heterocycles. The second-order valence-electron chi connectivity index (χ2n) is 4.02. The molecule has 0 saturated carbocycles. The van der Waals surface area contributed by atoms with Crippen LogP contribution in [0, 0.1) is 6.92 Å². The van der Waals surface area contributed by atoms with Crippen LogP contribution in [0.3, 0.4) is 0 Å². The number of esters is 1. The fourth-order valence-corrected chi connectivity index (χ4v) is 2.35. The van der Waals surface area contributed by atoms with E-state index in [1.54, 1.807) is 17.4 Å². The molecule has 4 heteroatoms. The van der Waals surface area contributed by atoms with Gasteiger partial charge in [-0.2, -0.15) is 0 Å². The summed E-state index contributed by atoms with van der Waals surface area (Å²) in [6, 6.07) is 9.66. The molecular formula is C15H15NO2S. The van der Waals surface area contributed by atoms with Gasteiger partial charge in [0.1, 0.15) is 0 Å². The number of carbonyl (C=O) groups is 1. The summed E-state index contributed by atoms with van der Waals surface area (Å²) in [5.74, 6) is -0.314. The largest absolute Gasteiger partial charge is 0.462 e. The average molecular weight is 273 g/mol. The van der Waals surface area contributed by atoms with Gasteiger partial charge in [-0.3, -0.25) is 0 Å². The molecule has 1 aromatic carbocycles. The van der Waals surface area contributed by atoms with Crippen molar-refractivity contribution in [2.24, 2.45) is 0 Å². The van der Waals surface area contributed by atoms with Crippen LogP contribution < -0.4 is 0 Å². The zero-order valence-corrected chi connectivity index (χ0v) is 11.5. The molecule has 0 radical (unpaired) electrons. The lowest BCUT2D eigenvalue weighted by molar-refractivity contribution is -0.137. The lowest BCUT2D eigenvalue weighted by Gasteiger charge is -2.00. The summed E-state index contributed by atoms with van der Waals surface area (Å²) in [6.45, 7) is 2.35. The van der Waals surface area contributed by atoms with Gasteiger partial charge in [0.25, 0.3) is 0 Å². The number of rotatable bonds is 5. The van der Waals surface area contributed by atoms with Gasteiger partial charge in [0, 0.05) is 17.4 Å². The maximum Gasteiger partial charge on any atom is 0.330 e. The van der Waals surface area contributed by atoms with Crippen LogP contribution >= 0.6 is 11.3 Å². The minimum absolute atomic E-state index is 0.314. The third-order valence-corrected chi connectivity index (χ3v) is 3.62. The first-order valence-corrected chi connectivity index (χ1v) is 6.92. The first kappa shape index (κ1) is 13.5. The standard InChI is InChI=1S/C15H15NO2S/c1-12-14(19-11-16-12)9-10-18-15(17)8-7-13-5-3-2-4-6-13/h2-8,11H,9-10H2,1H3. The Bertz CT molecular complexity index is 561. The molecule has 1 heterocycles. The first-order chi connectivity index (χ1) is 9.25. The summed E-state index contributed by atoms with van der Waals surface area (Å²) >= 11 is 1.59. The van der Waals surface area contributed by atoms with E-state index in [1.807, 2.05) is 42.8 Å². The number of hydrogen-bond donors (Lipinski definition) is 0. The van der Waals surface area contributed by atoms with Crippen molar-refractivity contribution < 1.29 is 9.53 Å². The van der Waals surface area contributed by atoms with Gasteiger partial charge in [0.15, 0.2) is 0 Å². The van der Waals surface area contributed by atoms with Crippen molar-refractivity contribution in [2.45, 2.75) is 13.3 Å². The minimum Gasteiger partial charge on any atom is -0.462 e. The van der Waals surface area contributed by atoms with E-state index in [9.17, 15) is 4.79 Å². The van der Waals surface area contributed by atoms with Crippen LogP contribution in [-0.2, 0) is 16.0 Å². The van der Waals surface area contributed by atoms with Gasteiger partial charge in [-0.05, 0) is 18.6 Å². The Balaban J connectivity index is 1.76. The summed E-state index contributed by atoms with van der Waals surface area (Å²) in [5, 5.41) is 0. The quantitative estimate of drug-likeness (QED) is 0.620. The highest BCUT2D eigenvalue weighted by Crippen LogP contribution is 2.12. The Morgan fingerprint density at radius 2 is 2.16 bits per heavy atom. The second kappa shape index (κ2) is 6.85. The van der Waals surface area contributed by atoms with Crippen LogP contribution in [0.4, 0.5) is 0 Å². The van der Waals surface area contributed by atoms with Gasteiger partial charge in [-0.25, -0.2) is 9.78 Å². The van der Waals surface area contributed by atoms with E-state index in [-0.39, 0.29) is 5.97 Å². The van der Waals surface area contributed by atoms with E-state index < -0.39 is 0 Å². The first-order valence-electron chi connectivity index (χ1n) is 6.04. The minimum atomic E-state index is -0.314. The molecule has 0 saturated heterocycles. The number of benzene rings is 1. The van der Waals surface area contributed by atoms with Gasteiger partial charge in [-0.15, -0.1) is 11.3 Å². The van der Waals surface area contributed by atoms with E-state index in [1.165, 1.54) is 11.0 Å². The van der Waals surface area contributed by atoms with Crippen molar-refractivity contribution in [3.63, 3.8) is 0 Å². The van der Waals surface area contributed by atoms with E-state index >= 15 is 0 Å². The predicted molar refractivity (Wildman–Crippen MR) is 77.0 cm³/mol. The zero-order valence-electron chi connectivity index (χ0n) is 10.7. The molecule has 0 aliphatic rings. The highest BCUT2D eigenvalue weighted by molar-refractivity contribution is 7.09. The maximum absolute atomic E-state index is 11.5. The molecule has 0 atom stereocenters. The van der Waals surface area contributed by atoms with Crippen molar-refractivity contribution in [2.75, 3.05) is 6.61 Å². The molecule has 19 heavy (non-hydrogen) atoms. The molecule has 0 fully saturated rings. The SMILES string of the molecule is Cc1ncsc1CCOC(=O)C=Cc1ccccc1. The van der Waals surface area contributed by atoms with E-state index in [0.29, 0.717) is 6.61 Å². The van der Waals surface area contributed by atoms with E-state index in [2.05, 4.69) is 4.98 Å². The fraction of sp³-hybridized carbons (Fsp3) is 0.200. The number of ether oxygens (including phenoxy) is 1. The van der Waals surface area contributed by atoms with Gasteiger partial charge in [-0.1, -0.05) is 30.3 Å². The summed E-state index contributed by atoms with van der Waals surface area (Å²) in [6.07, 6.45) is 3.93. The molecule has 0 N–H and O–H groups in total. The fourth-order valence-electron chi connectivity index (χ4n) is 1.59. The number of thiazole rings is 1. The molecule has 3 nitrogen and oxygen atoms in total. The van der Waals surface area contributed by atoms with Crippen molar-refractivity contribution in [3.8, 4) is 0 Å². The smallest absolute Gasteiger partial charge is 0.330 e. The Hall–Kier alpha value is -1.94. The van der Waals surface area contributed by atoms with Crippen LogP contribution in [0.2, 0.25) is 0 Å². The molecule has 0 amide bonds. The third kappa shape index (κ3) is 4.34. The van der Waals surface area contributed by atoms with Gasteiger partial charge >= 0.3 is 5.97 Å². The van der Waals surface area contributed by atoms with Crippen LogP contribution in [-0.4, -0.2) is 17.6 Å². The van der Waals surface area contributed by atoms with Crippen LogP contribution in [0.15, 0.2) is 41.9 Å². The normalized spacial score (nSPS) is 10.8. The molecule has 2 aromatic rings. The van der Waals surface area contributed by atoms with Crippen LogP contribution in [0.5, 0.6) is 0 Å². The molecule has 0 unspecified atom stereocenters. The lowest BCUT2D eigenvalue weighted by atomic mass is 10.2. The average Bonchev–Trinajstić information content (AvgIpc) is 2.83. The van der Waals surface area contributed by atoms with Gasteiger partial charge in [0.05, 0.1) is 17.8 Å². The Morgan fingerprint density at radius 1 is 1.37 bits per heavy atom. The van der Waals surface area contributed by atoms with Gasteiger partial charge < -0.3 is 4.74 Å². The van der Waals surface area contributed by atoms with Crippen LogP contribution in [0.25, 0.3) is 6.08 Å². The van der Waals surface area contributed by atoms with E-state index in [4.69, 9.17) is 4.74 Å². The number of hydrogen-bond acceptors (Lipinski definition) is 4. The van der Waals surface area contributed by atoms with Gasteiger partial charge in [0.2, 0.25) is 0 Å². The highest BCUT2D eigenvalue weighted by Gasteiger charge is 2.02. The molecular weight excluding hydrogens is 258 g/mol. The van der Waals surface area contributed by atoms with Crippen molar-refractivity contribution >= 4 is 23.4 Å². The second-order valence-corrected chi connectivity index (χ2v) is 4.96. The topological polar surface area (TPSA) is 39.2 Å². The Morgan fingerprint density at radius 3 is 2.84 bits per heavy atom. The summed E-state index contributed by atoms with van der Waals surface area (Å²) < 4.78 is 5.15. The maximum atomic E-state index is 11.5. The molecule has 0 spiro atoms. The molecule has 0 bridgehead atoms. The lowest BCUT2D eigenvalue weighted by Crippen LogP contribution is -2.04. The number of aromatic nitrogens is 1. The molecule has 2 rings (SSSR count). The van der Waals surface area contributed by atoms with Crippen molar-refractivity contribution in [3.05, 3.63) is 58.1 Å². The van der Waals surface area contributed by atoms with Crippen molar-refractivity contribution in [1.29, 1.82) is 0 Å². The van der Waals surface area contributed by atoms with Crippen LogP contribution in [0.1, 0.15) is 16.1 Å². The molecule has 0 aliphatic carbocycles. The Kier molecular flexibility index (Phi) is 4.86. The molecule has 1 aromatic heterocycles. The number of nitrogens with zero attached hydrogens (tertiary/aromatic N) is 1. The number of aryl methyl sites for hydroxylation is 1. The Labute approximate surface area is 116 Å². The third-order valence-electron chi connectivity index (χ3n) is 2.63. The highest BCUT2D eigenvalue weighted by atomic mass is 32.1. The van der Waals surface area contributed by atoms with E-state index in [0.717, 1.165) is 17.7 Å². The summed E-state index contributed by atoms with van der Waals surface area (Å²) in [5.41, 5.74) is 3.81. The number of carbonyl (C=O) groups excluding carboxylic acids is 1. The monoisotopic (exact) mass is 273 g/mol. The predicted octanol–water partition coefficient (Wildman–Crippen LogP) is 3.25. The zero-order chi connectivity index (χ0) is 13.5. The van der Waals surface area contributed by atoms with Crippen molar-refractivity contribution in [1.82, 2.24) is 4.98 Å². The molecule has 98 valence electrons. The summed E-state index contributed by atoms with van der Waals surface area (Å²) in [7, 11) is 0. The summed E-state index contributed by atoms with van der Waals surface area (Å²) in [4.78, 5) is 16.8.